The number of pyridine rings is 1. The van der Waals surface area contributed by atoms with Crippen molar-refractivity contribution in [2.45, 2.75) is 13.5 Å². The highest BCUT2D eigenvalue weighted by Gasteiger charge is 2.14. The van der Waals surface area contributed by atoms with Crippen LogP contribution in [0.25, 0.3) is 5.82 Å². The zero-order chi connectivity index (χ0) is 15.5. The number of rotatable bonds is 4. The monoisotopic (exact) mass is 312 g/mol. The van der Waals surface area contributed by atoms with Crippen molar-refractivity contribution in [1.82, 2.24) is 19.4 Å². The van der Waals surface area contributed by atoms with Crippen molar-refractivity contribution in [2.75, 3.05) is 7.05 Å². The van der Waals surface area contributed by atoms with E-state index in [1.807, 2.05) is 12.4 Å². The molecule has 0 fully saturated rings. The normalized spacial score (nSPS) is 10.6. The second-order valence-corrected chi connectivity index (χ2v) is 6.06. The van der Waals surface area contributed by atoms with Crippen LogP contribution in [0.1, 0.15) is 20.8 Å². The third-order valence-corrected chi connectivity index (χ3v) is 4.46. The van der Waals surface area contributed by atoms with Crippen molar-refractivity contribution in [2.24, 2.45) is 0 Å². The molecule has 1 amide bonds. The van der Waals surface area contributed by atoms with Gasteiger partial charge in [0.05, 0.1) is 6.54 Å². The first-order valence-electron chi connectivity index (χ1n) is 6.88. The molecule has 0 aliphatic rings. The van der Waals surface area contributed by atoms with Crippen molar-refractivity contribution in [1.29, 1.82) is 0 Å². The Morgan fingerprint density at radius 3 is 2.91 bits per heavy atom. The highest BCUT2D eigenvalue weighted by Crippen LogP contribution is 2.18. The van der Waals surface area contributed by atoms with Crippen LogP contribution in [0.15, 0.2) is 48.5 Å². The number of hydrogen-bond donors (Lipinski definition) is 0. The minimum Gasteiger partial charge on any atom is -0.337 e. The van der Waals surface area contributed by atoms with E-state index in [2.05, 4.69) is 23.0 Å². The third-order valence-electron chi connectivity index (χ3n) is 3.46. The maximum Gasteiger partial charge on any atom is 0.254 e. The molecule has 5 nitrogen and oxygen atoms in total. The van der Waals surface area contributed by atoms with Crippen molar-refractivity contribution >= 4 is 17.2 Å². The lowest BCUT2D eigenvalue weighted by Gasteiger charge is -2.17. The van der Waals surface area contributed by atoms with Crippen LogP contribution in [-0.4, -0.2) is 32.4 Å². The van der Waals surface area contributed by atoms with Gasteiger partial charge in [-0.15, -0.1) is 11.3 Å². The van der Waals surface area contributed by atoms with E-state index in [1.165, 1.54) is 10.4 Å². The maximum atomic E-state index is 12.6. The van der Waals surface area contributed by atoms with Gasteiger partial charge < -0.3 is 4.90 Å². The van der Waals surface area contributed by atoms with Crippen LogP contribution in [-0.2, 0) is 6.54 Å². The SMILES string of the molecule is Cc1ccsc1CN(C)C(=O)c1ccnc(-n2ccnc2)c1. The van der Waals surface area contributed by atoms with Crippen LogP contribution in [0.5, 0.6) is 0 Å². The van der Waals surface area contributed by atoms with Gasteiger partial charge in [0.25, 0.3) is 5.91 Å². The molecule has 0 saturated heterocycles. The number of carbonyl (C=O) groups is 1. The van der Waals surface area contributed by atoms with E-state index in [0.29, 0.717) is 17.9 Å². The zero-order valence-electron chi connectivity index (χ0n) is 12.4. The number of aryl methyl sites for hydroxylation is 1. The Morgan fingerprint density at radius 2 is 2.23 bits per heavy atom. The molecule has 3 rings (SSSR count). The van der Waals surface area contributed by atoms with Crippen LogP contribution < -0.4 is 0 Å². The Bertz CT molecular complexity index is 779. The average molecular weight is 312 g/mol. The van der Waals surface area contributed by atoms with Gasteiger partial charge in [0, 0.05) is 36.1 Å². The molecule has 0 N–H and O–H groups in total. The molecule has 0 unspecified atom stereocenters. The Hall–Kier alpha value is -2.47. The molecule has 0 aromatic carbocycles. The van der Waals surface area contributed by atoms with Crippen molar-refractivity contribution in [3.8, 4) is 5.82 Å². The molecule has 0 aliphatic carbocycles. The molecule has 6 heteroatoms. The second kappa shape index (κ2) is 6.11. The lowest BCUT2D eigenvalue weighted by Crippen LogP contribution is -2.26. The molecule has 3 aromatic rings. The molecule has 22 heavy (non-hydrogen) atoms. The number of thiophene rings is 1. The highest BCUT2D eigenvalue weighted by atomic mass is 32.1. The number of hydrogen-bond acceptors (Lipinski definition) is 4. The van der Waals surface area contributed by atoms with Crippen LogP contribution in [0, 0.1) is 6.92 Å². The molecule has 0 atom stereocenters. The molecule has 0 saturated carbocycles. The van der Waals surface area contributed by atoms with Gasteiger partial charge in [-0.05, 0) is 36.1 Å². The first-order chi connectivity index (χ1) is 10.6. The molecular formula is C16H16N4OS. The molecule has 3 aromatic heterocycles. The first-order valence-corrected chi connectivity index (χ1v) is 7.76. The van der Waals surface area contributed by atoms with Crippen LogP contribution in [0.2, 0.25) is 0 Å². The fourth-order valence-electron chi connectivity index (χ4n) is 2.16. The van der Waals surface area contributed by atoms with E-state index >= 15 is 0 Å². The van der Waals surface area contributed by atoms with Gasteiger partial charge in [-0.2, -0.15) is 0 Å². The van der Waals surface area contributed by atoms with Gasteiger partial charge in [0.15, 0.2) is 0 Å². The maximum absolute atomic E-state index is 12.6. The molecular weight excluding hydrogens is 296 g/mol. The summed E-state index contributed by atoms with van der Waals surface area (Å²) in [7, 11) is 1.82. The van der Waals surface area contributed by atoms with E-state index in [4.69, 9.17) is 0 Å². The van der Waals surface area contributed by atoms with Gasteiger partial charge in [-0.25, -0.2) is 9.97 Å². The fourth-order valence-corrected chi connectivity index (χ4v) is 3.12. The van der Waals surface area contributed by atoms with Gasteiger partial charge in [-0.1, -0.05) is 0 Å². The fraction of sp³-hybridized carbons (Fsp3) is 0.188. The third kappa shape index (κ3) is 2.92. The van der Waals surface area contributed by atoms with Crippen LogP contribution in [0.3, 0.4) is 0 Å². The van der Waals surface area contributed by atoms with E-state index in [1.54, 1.807) is 57.9 Å². The molecule has 0 aliphatic heterocycles. The van der Waals surface area contributed by atoms with Crippen LogP contribution >= 0.6 is 11.3 Å². The molecule has 0 radical (unpaired) electrons. The van der Waals surface area contributed by atoms with E-state index < -0.39 is 0 Å². The van der Waals surface area contributed by atoms with Crippen molar-refractivity contribution in [3.05, 3.63) is 64.5 Å². The number of carbonyl (C=O) groups excluding carboxylic acids is 1. The van der Waals surface area contributed by atoms with Crippen molar-refractivity contribution in [3.63, 3.8) is 0 Å². The van der Waals surface area contributed by atoms with Gasteiger partial charge in [-0.3, -0.25) is 9.36 Å². The van der Waals surface area contributed by atoms with Crippen LogP contribution in [0.4, 0.5) is 0 Å². The zero-order valence-corrected chi connectivity index (χ0v) is 13.2. The summed E-state index contributed by atoms with van der Waals surface area (Å²) in [4.78, 5) is 23.8. The largest absolute Gasteiger partial charge is 0.337 e. The quantitative estimate of drug-likeness (QED) is 0.744. The molecule has 112 valence electrons. The molecule has 0 bridgehead atoms. The number of imidazole rings is 1. The minimum absolute atomic E-state index is 0.0171. The summed E-state index contributed by atoms with van der Waals surface area (Å²) in [6, 6.07) is 5.59. The van der Waals surface area contributed by atoms with E-state index in [0.717, 1.165) is 0 Å². The first kappa shape index (κ1) is 14.5. The summed E-state index contributed by atoms with van der Waals surface area (Å²) < 4.78 is 1.78. The minimum atomic E-state index is -0.0171. The summed E-state index contributed by atoms with van der Waals surface area (Å²) in [6.45, 7) is 2.68. The smallest absolute Gasteiger partial charge is 0.254 e. The predicted molar refractivity (Wildman–Crippen MR) is 86.2 cm³/mol. The Labute approximate surface area is 132 Å². The van der Waals surface area contributed by atoms with Gasteiger partial charge in [0.2, 0.25) is 0 Å². The predicted octanol–water partition coefficient (Wildman–Crippen LogP) is 2.91. The standard InChI is InChI=1S/C16H16N4OS/c1-12-4-8-22-14(12)10-19(2)16(21)13-3-5-18-15(9-13)20-7-6-17-11-20/h3-9,11H,10H2,1-2H3. The number of nitrogens with zero attached hydrogens (tertiary/aromatic N) is 4. The number of amides is 1. The summed E-state index contributed by atoms with van der Waals surface area (Å²) in [5, 5.41) is 2.05. The topological polar surface area (TPSA) is 51.0 Å². The van der Waals surface area contributed by atoms with Gasteiger partial charge in [0.1, 0.15) is 12.1 Å². The summed E-state index contributed by atoms with van der Waals surface area (Å²) in [5.74, 6) is 0.667. The summed E-state index contributed by atoms with van der Waals surface area (Å²) in [5.41, 5.74) is 1.84. The Kier molecular flexibility index (Phi) is 4.02. The lowest BCUT2D eigenvalue weighted by molar-refractivity contribution is 0.0786. The van der Waals surface area contributed by atoms with Gasteiger partial charge >= 0.3 is 0 Å². The summed E-state index contributed by atoms with van der Waals surface area (Å²) >= 11 is 1.67. The second-order valence-electron chi connectivity index (χ2n) is 5.06. The van der Waals surface area contributed by atoms with E-state index in [9.17, 15) is 4.79 Å². The number of aromatic nitrogens is 3. The Balaban J connectivity index is 1.80. The lowest BCUT2D eigenvalue weighted by atomic mass is 10.2. The summed E-state index contributed by atoms with van der Waals surface area (Å²) in [6.07, 6.45) is 6.79. The van der Waals surface area contributed by atoms with E-state index in [-0.39, 0.29) is 5.91 Å². The molecule has 0 spiro atoms. The Morgan fingerprint density at radius 1 is 1.36 bits per heavy atom. The average Bonchev–Trinajstić information content (AvgIpc) is 3.19. The molecule has 3 heterocycles. The van der Waals surface area contributed by atoms with Crippen molar-refractivity contribution < 1.29 is 4.79 Å². The highest BCUT2D eigenvalue weighted by molar-refractivity contribution is 7.10.